The first kappa shape index (κ1) is 12.2. The van der Waals surface area contributed by atoms with Crippen molar-refractivity contribution in [1.29, 1.82) is 0 Å². The van der Waals surface area contributed by atoms with Gasteiger partial charge in [0.1, 0.15) is 5.78 Å². The van der Waals surface area contributed by atoms with Crippen molar-refractivity contribution in [2.75, 3.05) is 13.1 Å². The van der Waals surface area contributed by atoms with Crippen LogP contribution in [0.3, 0.4) is 0 Å². The summed E-state index contributed by atoms with van der Waals surface area (Å²) < 4.78 is 0. The van der Waals surface area contributed by atoms with Crippen LogP contribution in [0.2, 0.25) is 0 Å². The van der Waals surface area contributed by atoms with Crippen LogP contribution in [0.25, 0.3) is 0 Å². The summed E-state index contributed by atoms with van der Waals surface area (Å²) in [7, 11) is 0. The fourth-order valence-electron chi connectivity index (χ4n) is 2.01. The molecule has 1 aliphatic rings. The lowest BCUT2D eigenvalue weighted by molar-refractivity contribution is -0.135. The second-order valence-corrected chi connectivity index (χ2v) is 4.86. The topological polar surface area (TPSA) is 37.4 Å². The highest BCUT2D eigenvalue weighted by Crippen LogP contribution is 2.19. The Labute approximate surface area is 91.8 Å². The zero-order valence-electron chi connectivity index (χ0n) is 9.95. The van der Waals surface area contributed by atoms with E-state index in [1.807, 2.05) is 4.90 Å². The Hall–Kier alpha value is -0.860. The summed E-state index contributed by atoms with van der Waals surface area (Å²) in [4.78, 5) is 24.8. The molecule has 0 saturated carbocycles. The highest BCUT2D eigenvalue weighted by atomic mass is 16.2. The average molecular weight is 211 g/mol. The van der Waals surface area contributed by atoms with E-state index in [9.17, 15) is 9.59 Å². The summed E-state index contributed by atoms with van der Waals surface area (Å²) in [5, 5.41) is 0. The number of rotatable bonds is 3. The van der Waals surface area contributed by atoms with Gasteiger partial charge in [-0.15, -0.1) is 0 Å². The van der Waals surface area contributed by atoms with E-state index in [2.05, 4.69) is 13.8 Å². The summed E-state index contributed by atoms with van der Waals surface area (Å²) in [6, 6.07) is 0. The van der Waals surface area contributed by atoms with Gasteiger partial charge in [-0.2, -0.15) is 0 Å². The maximum absolute atomic E-state index is 11.7. The third-order valence-corrected chi connectivity index (χ3v) is 3.01. The number of ketones is 1. The van der Waals surface area contributed by atoms with E-state index in [0.29, 0.717) is 12.3 Å². The molecule has 0 aliphatic carbocycles. The number of nitrogens with zero attached hydrogens (tertiary/aromatic N) is 1. The monoisotopic (exact) mass is 211 g/mol. The largest absolute Gasteiger partial charge is 0.343 e. The number of piperidine rings is 1. The van der Waals surface area contributed by atoms with E-state index in [1.54, 1.807) is 6.92 Å². The first-order valence-corrected chi connectivity index (χ1v) is 5.79. The summed E-state index contributed by atoms with van der Waals surface area (Å²) in [5.74, 6) is 1.12. The number of carbonyl (C=O) groups excluding carboxylic acids is 2. The second-order valence-electron chi connectivity index (χ2n) is 4.86. The van der Waals surface area contributed by atoms with Gasteiger partial charge in [0, 0.05) is 25.4 Å². The number of carbonyl (C=O) groups is 2. The molecule has 0 aromatic heterocycles. The normalized spacial score (nSPS) is 18.3. The molecule has 1 rings (SSSR count). The summed E-state index contributed by atoms with van der Waals surface area (Å²) >= 11 is 0. The van der Waals surface area contributed by atoms with Crippen molar-refractivity contribution >= 4 is 11.7 Å². The predicted molar refractivity (Wildman–Crippen MR) is 59.4 cm³/mol. The number of hydrogen-bond donors (Lipinski definition) is 0. The molecule has 15 heavy (non-hydrogen) atoms. The standard InChI is InChI=1S/C12H21NO2/c1-9(2)8-12(15)13-6-4-11(5-7-13)10(3)14/h9,11H,4-8H2,1-3H3. The number of amides is 1. The molecule has 1 amide bonds. The third kappa shape index (κ3) is 3.65. The maximum Gasteiger partial charge on any atom is 0.222 e. The fourth-order valence-corrected chi connectivity index (χ4v) is 2.01. The minimum Gasteiger partial charge on any atom is -0.343 e. The van der Waals surface area contributed by atoms with Crippen molar-refractivity contribution in [2.45, 2.75) is 40.0 Å². The Morgan fingerprint density at radius 3 is 2.20 bits per heavy atom. The Morgan fingerprint density at radius 2 is 1.80 bits per heavy atom. The van der Waals surface area contributed by atoms with Gasteiger partial charge in [-0.3, -0.25) is 9.59 Å². The Kier molecular flexibility index (Phi) is 4.30. The van der Waals surface area contributed by atoms with Crippen molar-refractivity contribution in [3.05, 3.63) is 0 Å². The molecule has 1 saturated heterocycles. The molecule has 1 heterocycles. The Balaban J connectivity index is 2.37. The molecule has 0 spiro atoms. The number of hydrogen-bond acceptors (Lipinski definition) is 2. The summed E-state index contributed by atoms with van der Waals surface area (Å²) in [5.41, 5.74) is 0. The summed E-state index contributed by atoms with van der Waals surface area (Å²) in [6.07, 6.45) is 2.32. The van der Waals surface area contributed by atoms with E-state index >= 15 is 0 Å². The first-order chi connectivity index (χ1) is 7.00. The van der Waals surface area contributed by atoms with Crippen molar-refractivity contribution in [3.63, 3.8) is 0 Å². The Morgan fingerprint density at radius 1 is 1.27 bits per heavy atom. The zero-order chi connectivity index (χ0) is 11.4. The van der Waals surface area contributed by atoms with Crippen molar-refractivity contribution in [3.8, 4) is 0 Å². The van der Waals surface area contributed by atoms with Crippen LogP contribution in [0.1, 0.15) is 40.0 Å². The molecular weight excluding hydrogens is 190 g/mol. The van der Waals surface area contributed by atoms with Gasteiger partial charge in [0.25, 0.3) is 0 Å². The lowest BCUT2D eigenvalue weighted by Crippen LogP contribution is -2.40. The molecule has 3 heteroatoms. The third-order valence-electron chi connectivity index (χ3n) is 3.01. The van der Waals surface area contributed by atoms with Crippen LogP contribution in [-0.4, -0.2) is 29.7 Å². The van der Waals surface area contributed by atoms with Crippen LogP contribution < -0.4 is 0 Å². The first-order valence-electron chi connectivity index (χ1n) is 5.79. The smallest absolute Gasteiger partial charge is 0.222 e. The molecule has 0 atom stereocenters. The number of Topliss-reactive ketones (excluding diaryl/α,β-unsaturated/α-hetero) is 1. The van der Waals surface area contributed by atoms with Crippen LogP contribution in [0.5, 0.6) is 0 Å². The van der Waals surface area contributed by atoms with Crippen LogP contribution >= 0.6 is 0 Å². The van der Waals surface area contributed by atoms with Gasteiger partial charge in [0.15, 0.2) is 0 Å². The van der Waals surface area contributed by atoms with Gasteiger partial charge in [0.05, 0.1) is 0 Å². The minimum absolute atomic E-state index is 0.188. The van der Waals surface area contributed by atoms with Gasteiger partial charge < -0.3 is 4.90 Å². The van der Waals surface area contributed by atoms with Gasteiger partial charge in [-0.1, -0.05) is 13.8 Å². The molecule has 86 valence electrons. The lowest BCUT2D eigenvalue weighted by Gasteiger charge is -2.31. The highest BCUT2D eigenvalue weighted by Gasteiger charge is 2.25. The van der Waals surface area contributed by atoms with Crippen molar-refractivity contribution < 1.29 is 9.59 Å². The van der Waals surface area contributed by atoms with Crippen LogP contribution in [-0.2, 0) is 9.59 Å². The molecule has 0 aromatic rings. The quantitative estimate of drug-likeness (QED) is 0.714. The van der Waals surface area contributed by atoms with Gasteiger partial charge >= 0.3 is 0 Å². The van der Waals surface area contributed by atoms with E-state index in [4.69, 9.17) is 0 Å². The average Bonchev–Trinajstić information content (AvgIpc) is 2.17. The predicted octanol–water partition coefficient (Wildman–Crippen LogP) is 1.86. The van der Waals surface area contributed by atoms with Gasteiger partial charge in [0.2, 0.25) is 5.91 Å². The van der Waals surface area contributed by atoms with E-state index < -0.39 is 0 Å². The summed E-state index contributed by atoms with van der Waals surface area (Å²) in [6.45, 7) is 7.28. The van der Waals surface area contributed by atoms with E-state index in [-0.39, 0.29) is 17.6 Å². The van der Waals surface area contributed by atoms with Gasteiger partial charge in [-0.25, -0.2) is 0 Å². The maximum atomic E-state index is 11.7. The van der Waals surface area contributed by atoms with E-state index in [0.717, 1.165) is 25.9 Å². The minimum atomic E-state index is 0.188. The molecule has 0 radical (unpaired) electrons. The molecule has 0 bridgehead atoms. The van der Waals surface area contributed by atoms with Crippen LogP contribution in [0.15, 0.2) is 0 Å². The zero-order valence-corrected chi connectivity index (χ0v) is 9.95. The Bertz CT molecular complexity index is 240. The SMILES string of the molecule is CC(=O)C1CCN(C(=O)CC(C)C)CC1. The molecule has 0 aromatic carbocycles. The molecule has 0 unspecified atom stereocenters. The lowest BCUT2D eigenvalue weighted by atomic mass is 9.93. The van der Waals surface area contributed by atoms with E-state index in [1.165, 1.54) is 0 Å². The molecule has 3 nitrogen and oxygen atoms in total. The van der Waals surface area contributed by atoms with Crippen LogP contribution in [0, 0.1) is 11.8 Å². The van der Waals surface area contributed by atoms with Crippen molar-refractivity contribution in [1.82, 2.24) is 4.90 Å². The molecular formula is C12H21NO2. The molecule has 1 aliphatic heterocycles. The van der Waals surface area contributed by atoms with Gasteiger partial charge in [-0.05, 0) is 25.7 Å². The molecule has 1 fully saturated rings. The van der Waals surface area contributed by atoms with Crippen LogP contribution in [0.4, 0.5) is 0 Å². The fraction of sp³-hybridized carbons (Fsp3) is 0.833. The highest BCUT2D eigenvalue weighted by molar-refractivity contribution is 5.79. The number of likely N-dealkylation sites (tertiary alicyclic amines) is 1. The second kappa shape index (κ2) is 5.29. The van der Waals surface area contributed by atoms with Crippen molar-refractivity contribution in [2.24, 2.45) is 11.8 Å². The molecule has 0 N–H and O–H groups in total.